The first-order chi connectivity index (χ1) is 11.1. The Bertz CT molecular complexity index is 777. The number of aromatic nitrogens is 2. The van der Waals surface area contributed by atoms with E-state index in [4.69, 9.17) is 0 Å². The molecule has 1 fully saturated rings. The van der Waals surface area contributed by atoms with Crippen LogP contribution in [0.4, 0.5) is 0 Å². The van der Waals surface area contributed by atoms with Crippen molar-refractivity contribution in [1.82, 2.24) is 19.2 Å². The van der Waals surface area contributed by atoms with Crippen LogP contribution in [0.2, 0.25) is 0 Å². The van der Waals surface area contributed by atoms with E-state index in [1.54, 1.807) is 32.6 Å². The topological polar surface area (TPSA) is 103 Å². The van der Waals surface area contributed by atoms with Gasteiger partial charge in [-0.1, -0.05) is 0 Å². The lowest BCUT2D eigenvalue weighted by Gasteiger charge is -2.35. The van der Waals surface area contributed by atoms with Crippen LogP contribution in [0.3, 0.4) is 0 Å². The molecule has 0 aromatic carbocycles. The molecule has 0 unspecified atom stereocenters. The van der Waals surface area contributed by atoms with Crippen molar-refractivity contribution in [3.63, 3.8) is 0 Å². The van der Waals surface area contributed by atoms with Crippen molar-refractivity contribution < 1.29 is 13.2 Å². The summed E-state index contributed by atoms with van der Waals surface area (Å²) < 4.78 is 25.7. The maximum absolute atomic E-state index is 12.4. The van der Waals surface area contributed by atoms with E-state index in [9.17, 15) is 18.0 Å². The van der Waals surface area contributed by atoms with Crippen LogP contribution < -0.4 is 5.56 Å². The average Bonchev–Trinajstić information content (AvgIpc) is 2.52. The van der Waals surface area contributed by atoms with Gasteiger partial charge in [0.25, 0.3) is 5.56 Å². The number of carbonyl (C=O) groups excluding carboxylic acids is 1. The van der Waals surface area contributed by atoms with Gasteiger partial charge in [0.15, 0.2) is 0 Å². The van der Waals surface area contributed by atoms with E-state index in [2.05, 4.69) is 9.97 Å². The molecule has 2 rings (SSSR count). The summed E-state index contributed by atoms with van der Waals surface area (Å²) >= 11 is 0. The van der Waals surface area contributed by atoms with Gasteiger partial charge >= 0.3 is 0 Å². The Morgan fingerprint density at radius 2 is 1.79 bits per heavy atom. The maximum Gasteiger partial charge on any atom is 0.254 e. The van der Waals surface area contributed by atoms with Crippen LogP contribution in [0.25, 0.3) is 0 Å². The zero-order valence-corrected chi connectivity index (χ0v) is 15.3. The number of H-pyrrole nitrogens is 1. The summed E-state index contributed by atoms with van der Waals surface area (Å²) in [5, 5.41) is -0.467. The molecule has 8 nitrogen and oxygen atoms in total. The Morgan fingerprint density at radius 3 is 2.33 bits per heavy atom. The predicted octanol–water partition coefficient (Wildman–Crippen LogP) is -0.188. The standard InChI is InChI=1S/C15H24N4O4S/c1-10(2)24(22,23)19-7-5-18(6-8-19)14(20)9-13-11(3)15(21)17-12(4)16-13/h10H,5-9H2,1-4H3,(H,16,17,21). The normalized spacial score (nSPS) is 16.6. The largest absolute Gasteiger partial charge is 0.340 e. The average molecular weight is 356 g/mol. The van der Waals surface area contributed by atoms with Crippen LogP contribution in [0, 0.1) is 13.8 Å². The maximum atomic E-state index is 12.4. The van der Waals surface area contributed by atoms with Gasteiger partial charge in [-0.25, -0.2) is 13.4 Å². The first-order valence-electron chi connectivity index (χ1n) is 7.96. The SMILES string of the molecule is Cc1nc(CC(=O)N2CCN(S(=O)(=O)C(C)C)CC2)c(C)c(=O)[nH]1. The molecule has 1 aliphatic heterocycles. The van der Waals surface area contributed by atoms with E-state index in [0.717, 1.165) is 0 Å². The van der Waals surface area contributed by atoms with Crippen LogP contribution in [-0.4, -0.2) is 64.9 Å². The highest BCUT2D eigenvalue weighted by Crippen LogP contribution is 2.13. The van der Waals surface area contributed by atoms with Crippen molar-refractivity contribution in [3.8, 4) is 0 Å². The van der Waals surface area contributed by atoms with Gasteiger partial charge in [0.2, 0.25) is 15.9 Å². The van der Waals surface area contributed by atoms with Crippen molar-refractivity contribution in [3.05, 3.63) is 27.4 Å². The molecule has 0 radical (unpaired) electrons. The fourth-order valence-corrected chi connectivity index (χ4v) is 3.89. The van der Waals surface area contributed by atoms with Crippen molar-refractivity contribution in [1.29, 1.82) is 0 Å². The number of amides is 1. The van der Waals surface area contributed by atoms with Gasteiger partial charge in [0.1, 0.15) is 5.82 Å². The molecule has 1 N–H and O–H groups in total. The minimum Gasteiger partial charge on any atom is -0.340 e. The molecule has 1 aromatic heterocycles. The third-order valence-corrected chi connectivity index (χ3v) is 6.51. The fraction of sp³-hybridized carbons (Fsp3) is 0.667. The van der Waals surface area contributed by atoms with E-state index in [1.807, 2.05) is 0 Å². The van der Waals surface area contributed by atoms with Gasteiger partial charge in [0.05, 0.1) is 17.4 Å². The molecule has 1 saturated heterocycles. The van der Waals surface area contributed by atoms with Crippen LogP contribution in [0.15, 0.2) is 4.79 Å². The molecule has 1 amide bonds. The molecule has 0 spiro atoms. The summed E-state index contributed by atoms with van der Waals surface area (Å²) in [5.74, 6) is 0.332. The number of nitrogens with zero attached hydrogens (tertiary/aromatic N) is 3. The lowest BCUT2D eigenvalue weighted by Crippen LogP contribution is -2.52. The van der Waals surface area contributed by atoms with E-state index >= 15 is 0 Å². The van der Waals surface area contributed by atoms with Crippen molar-refractivity contribution in [2.24, 2.45) is 0 Å². The monoisotopic (exact) mass is 356 g/mol. The summed E-state index contributed by atoms with van der Waals surface area (Å²) in [5.41, 5.74) is 0.673. The minimum atomic E-state index is -3.29. The van der Waals surface area contributed by atoms with E-state index in [1.165, 1.54) is 4.31 Å². The van der Waals surface area contributed by atoms with E-state index in [0.29, 0.717) is 43.3 Å². The lowest BCUT2D eigenvalue weighted by atomic mass is 10.1. The van der Waals surface area contributed by atoms with Gasteiger partial charge in [-0.3, -0.25) is 9.59 Å². The Kier molecular flexibility index (Phi) is 5.44. The van der Waals surface area contributed by atoms with Crippen molar-refractivity contribution in [2.45, 2.75) is 39.4 Å². The van der Waals surface area contributed by atoms with Crippen LogP contribution >= 0.6 is 0 Å². The molecule has 0 saturated carbocycles. The molecule has 1 aliphatic rings. The summed E-state index contributed by atoms with van der Waals surface area (Å²) in [6.45, 7) is 7.91. The summed E-state index contributed by atoms with van der Waals surface area (Å²) in [6.07, 6.45) is 0.0491. The van der Waals surface area contributed by atoms with E-state index < -0.39 is 15.3 Å². The molecule has 0 aliphatic carbocycles. The summed E-state index contributed by atoms with van der Waals surface area (Å²) in [4.78, 5) is 32.6. The first-order valence-corrected chi connectivity index (χ1v) is 9.46. The highest BCUT2D eigenvalue weighted by molar-refractivity contribution is 7.89. The molecular formula is C15H24N4O4S. The number of aryl methyl sites for hydroxylation is 1. The molecule has 134 valence electrons. The van der Waals surface area contributed by atoms with Gasteiger partial charge in [-0.05, 0) is 27.7 Å². The van der Waals surface area contributed by atoms with Gasteiger partial charge < -0.3 is 9.88 Å². The summed E-state index contributed by atoms with van der Waals surface area (Å²) in [6, 6.07) is 0. The highest BCUT2D eigenvalue weighted by atomic mass is 32.2. The van der Waals surface area contributed by atoms with Gasteiger partial charge in [-0.2, -0.15) is 4.31 Å². The molecule has 1 aromatic rings. The van der Waals surface area contributed by atoms with E-state index in [-0.39, 0.29) is 17.9 Å². The second-order valence-corrected chi connectivity index (χ2v) is 8.76. The number of rotatable bonds is 4. The quantitative estimate of drug-likeness (QED) is 0.805. The number of hydrogen-bond donors (Lipinski definition) is 1. The second kappa shape index (κ2) is 7.02. The molecule has 2 heterocycles. The first kappa shape index (κ1) is 18.6. The van der Waals surface area contributed by atoms with Crippen molar-refractivity contribution >= 4 is 15.9 Å². The zero-order chi connectivity index (χ0) is 18.1. The number of nitrogens with one attached hydrogen (secondary N) is 1. The minimum absolute atomic E-state index is 0.0491. The Balaban J connectivity index is 2.03. The van der Waals surface area contributed by atoms with Gasteiger partial charge in [-0.15, -0.1) is 0 Å². The fourth-order valence-electron chi connectivity index (χ4n) is 2.62. The molecule has 0 bridgehead atoms. The highest BCUT2D eigenvalue weighted by Gasteiger charge is 2.31. The molecule has 0 atom stereocenters. The Labute approximate surface area is 141 Å². The third-order valence-electron chi connectivity index (χ3n) is 4.24. The Hall–Kier alpha value is -1.74. The second-order valence-electron chi connectivity index (χ2n) is 6.27. The van der Waals surface area contributed by atoms with Crippen LogP contribution in [0.1, 0.15) is 30.9 Å². The number of aromatic amines is 1. The number of piperazine rings is 1. The number of carbonyl (C=O) groups is 1. The van der Waals surface area contributed by atoms with Crippen LogP contribution in [0.5, 0.6) is 0 Å². The smallest absolute Gasteiger partial charge is 0.254 e. The van der Waals surface area contributed by atoms with Gasteiger partial charge in [0, 0.05) is 31.7 Å². The number of sulfonamides is 1. The lowest BCUT2D eigenvalue weighted by molar-refractivity contribution is -0.131. The van der Waals surface area contributed by atoms with Crippen LogP contribution in [-0.2, 0) is 21.2 Å². The molecule has 24 heavy (non-hydrogen) atoms. The third kappa shape index (κ3) is 3.84. The summed E-state index contributed by atoms with van der Waals surface area (Å²) in [7, 11) is -3.29. The molecular weight excluding hydrogens is 332 g/mol. The van der Waals surface area contributed by atoms with Crippen molar-refractivity contribution in [2.75, 3.05) is 26.2 Å². The predicted molar refractivity (Wildman–Crippen MR) is 90.2 cm³/mol. The zero-order valence-electron chi connectivity index (χ0n) is 14.5. The number of hydrogen-bond acceptors (Lipinski definition) is 5. The molecule has 9 heteroatoms. The Morgan fingerprint density at radius 1 is 1.21 bits per heavy atom.